The van der Waals surface area contributed by atoms with Gasteiger partial charge >= 0.3 is 0 Å². The van der Waals surface area contributed by atoms with Gasteiger partial charge in [-0.15, -0.1) is 0 Å². The summed E-state index contributed by atoms with van der Waals surface area (Å²) in [5, 5.41) is 17.6. The number of aromatic amines is 1. The van der Waals surface area contributed by atoms with E-state index in [0.29, 0.717) is 5.39 Å². The third-order valence-electron chi connectivity index (χ3n) is 3.85. The molecule has 0 saturated heterocycles. The van der Waals surface area contributed by atoms with Crippen molar-refractivity contribution in [2.45, 2.75) is 18.9 Å². The van der Waals surface area contributed by atoms with Crippen molar-refractivity contribution in [1.29, 1.82) is 0 Å². The lowest BCUT2D eigenvalue weighted by molar-refractivity contribution is -0.121. The molecule has 6 heteroatoms. The van der Waals surface area contributed by atoms with Crippen LogP contribution in [0.5, 0.6) is 0 Å². The number of amides is 1. The van der Waals surface area contributed by atoms with Crippen molar-refractivity contribution in [1.82, 2.24) is 10.3 Å². The molecule has 2 aromatic heterocycles. The van der Waals surface area contributed by atoms with Gasteiger partial charge in [-0.2, -0.15) is 11.3 Å². The normalized spacial score (nSPS) is 13.9. The van der Waals surface area contributed by atoms with Gasteiger partial charge in [-0.05, 0) is 53.1 Å². The number of rotatable bonds is 5. The lowest BCUT2D eigenvalue weighted by atomic mass is 9.99. The molecule has 0 aliphatic carbocycles. The zero-order chi connectivity index (χ0) is 16.4. The Bertz CT molecular complexity index is 824. The largest absolute Gasteiger partial charge is 0.384 e. The van der Waals surface area contributed by atoms with Crippen molar-refractivity contribution >= 4 is 28.1 Å². The van der Waals surface area contributed by atoms with Gasteiger partial charge in [0.2, 0.25) is 5.91 Å². The summed E-state index contributed by atoms with van der Waals surface area (Å²) in [4.78, 5) is 15.1. The molecule has 0 saturated carbocycles. The van der Waals surface area contributed by atoms with Crippen LogP contribution in [0.15, 0.2) is 41.2 Å². The minimum Gasteiger partial charge on any atom is -0.384 e. The maximum atomic E-state index is 13.3. The first kappa shape index (κ1) is 15.7. The second-order valence-corrected chi connectivity index (χ2v) is 6.52. The van der Waals surface area contributed by atoms with Gasteiger partial charge in [-0.25, -0.2) is 4.39 Å². The molecule has 0 spiro atoms. The molecule has 1 aromatic carbocycles. The number of fused-ring (bicyclic) bond motifs is 1. The molecular formula is C17H17FN2O2S. The molecule has 0 aliphatic heterocycles. The molecule has 4 nitrogen and oxygen atoms in total. The molecule has 0 radical (unpaired) electrons. The summed E-state index contributed by atoms with van der Waals surface area (Å²) in [7, 11) is 0. The van der Waals surface area contributed by atoms with Crippen LogP contribution in [0.2, 0.25) is 0 Å². The minimum absolute atomic E-state index is 0.124. The first-order chi connectivity index (χ1) is 11.0. The number of aliphatic hydroxyl groups is 1. The molecule has 0 bridgehead atoms. The van der Waals surface area contributed by atoms with Crippen molar-refractivity contribution in [3.63, 3.8) is 0 Å². The first-order valence-electron chi connectivity index (χ1n) is 7.23. The smallest absolute Gasteiger partial charge is 0.224 e. The van der Waals surface area contributed by atoms with E-state index in [9.17, 15) is 14.3 Å². The monoisotopic (exact) mass is 332 g/mol. The highest BCUT2D eigenvalue weighted by Gasteiger charge is 2.24. The summed E-state index contributed by atoms with van der Waals surface area (Å²) in [6.07, 6.45) is 1.84. The number of halogens is 1. The van der Waals surface area contributed by atoms with Crippen LogP contribution < -0.4 is 5.32 Å². The number of carbonyl (C=O) groups excluding carboxylic acids is 1. The summed E-state index contributed by atoms with van der Waals surface area (Å²) in [6, 6.07) is 6.27. The van der Waals surface area contributed by atoms with Gasteiger partial charge in [0.05, 0.1) is 13.0 Å². The van der Waals surface area contributed by atoms with E-state index in [1.54, 1.807) is 19.2 Å². The molecule has 0 fully saturated rings. The molecule has 1 unspecified atom stereocenters. The predicted octanol–water partition coefficient (Wildman–Crippen LogP) is 2.93. The molecule has 3 N–H and O–H groups in total. The van der Waals surface area contributed by atoms with Crippen molar-refractivity contribution < 1.29 is 14.3 Å². The Morgan fingerprint density at radius 1 is 1.43 bits per heavy atom. The molecular weight excluding hydrogens is 315 g/mol. The topological polar surface area (TPSA) is 65.1 Å². The van der Waals surface area contributed by atoms with Gasteiger partial charge < -0.3 is 15.4 Å². The highest BCUT2D eigenvalue weighted by atomic mass is 32.1. The van der Waals surface area contributed by atoms with Crippen molar-refractivity contribution in [2.24, 2.45) is 0 Å². The Morgan fingerprint density at radius 2 is 2.26 bits per heavy atom. The summed E-state index contributed by atoms with van der Waals surface area (Å²) in [6.45, 7) is 1.79. The van der Waals surface area contributed by atoms with Gasteiger partial charge in [-0.3, -0.25) is 4.79 Å². The number of benzene rings is 1. The van der Waals surface area contributed by atoms with Crippen LogP contribution in [0.3, 0.4) is 0 Å². The Labute approximate surface area is 137 Å². The summed E-state index contributed by atoms with van der Waals surface area (Å²) in [5.74, 6) is -0.551. The molecule has 2 heterocycles. The number of carbonyl (C=O) groups is 1. The highest BCUT2D eigenvalue weighted by molar-refractivity contribution is 7.08. The standard InChI is InChI=1S/C17H17FN2O2S/c1-17(22,12-4-5-23-9-12)10-20-16(21)6-11-8-19-15-3-2-13(18)7-14(11)15/h2-5,7-9,19,22H,6,10H2,1H3,(H,20,21). The number of H-pyrrole nitrogens is 1. The van der Waals surface area contributed by atoms with E-state index in [0.717, 1.165) is 16.6 Å². The molecule has 23 heavy (non-hydrogen) atoms. The number of hydrogen-bond acceptors (Lipinski definition) is 3. The second kappa shape index (κ2) is 6.14. The summed E-state index contributed by atoms with van der Waals surface area (Å²) < 4.78 is 13.3. The third kappa shape index (κ3) is 3.43. The zero-order valence-electron chi connectivity index (χ0n) is 12.6. The van der Waals surface area contributed by atoms with Crippen LogP contribution >= 0.6 is 11.3 Å². The van der Waals surface area contributed by atoms with E-state index < -0.39 is 5.60 Å². The Balaban J connectivity index is 1.66. The lowest BCUT2D eigenvalue weighted by Crippen LogP contribution is -2.39. The molecule has 120 valence electrons. The number of thiophene rings is 1. The highest BCUT2D eigenvalue weighted by Crippen LogP contribution is 2.23. The summed E-state index contributed by atoms with van der Waals surface area (Å²) in [5.41, 5.74) is 1.19. The molecule has 1 amide bonds. The lowest BCUT2D eigenvalue weighted by Gasteiger charge is -2.22. The Kier molecular flexibility index (Phi) is 4.19. The van der Waals surface area contributed by atoms with Crippen molar-refractivity contribution in [3.05, 3.63) is 58.2 Å². The van der Waals surface area contributed by atoms with Gasteiger partial charge in [0, 0.05) is 17.1 Å². The van der Waals surface area contributed by atoms with Crippen LogP contribution in [0.1, 0.15) is 18.1 Å². The maximum Gasteiger partial charge on any atom is 0.224 e. The zero-order valence-corrected chi connectivity index (χ0v) is 13.4. The fraction of sp³-hybridized carbons (Fsp3) is 0.235. The summed E-state index contributed by atoms with van der Waals surface area (Å²) >= 11 is 1.49. The van der Waals surface area contributed by atoms with E-state index >= 15 is 0 Å². The SMILES string of the molecule is CC(O)(CNC(=O)Cc1c[nH]c2ccc(F)cc12)c1ccsc1. The predicted molar refractivity (Wildman–Crippen MR) is 88.9 cm³/mol. The van der Waals surface area contributed by atoms with Crippen LogP contribution in [0.25, 0.3) is 10.9 Å². The van der Waals surface area contributed by atoms with E-state index in [1.807, 2.05) is 16.8 Å². The van der Waals surface area contributed by atoms with Crippen molar-refractivity contribution in [2.75, 3.05) is 6.54 Å². The maximum absolute atomic E-state index is 13.3. The quantitative estimate of drug-likeness (QED) is 0.672. The molecule has 3 aromatic rings. The molecule has 3 rings (SSSR count). The number of hydrogen-bond donors (Lipinski definition) is 3. The van der Waals surface area contributed by atoms with E-state index in [2.05, 4.69) is 10.3 Å². The van der Waals surface area contributed by atoms with Crippen molar-refractivity contribution in [3.8, 4) is 0 Å². The van der Waals surface area contributed by atoms with Crippen LogP contribution in [-0.2, 0) is 16.8 Å². The first-order valence-corrected chi connectivity index (χ1v) is 8.17. The van der Waals surface area contributed by atoms with Crippen LogP contribution in [0, 0.1) is 5.82 Å². The van der Waals surface area contributed by atoms with E-state index in [1.165, 1.54) is 23.5 Å². The van der Waals surface area contributed by atoms with Crippen LogP contribution in [0.4, 0.5) is 4.39 Å². The number of aromatic nitrogens is 1. The average molecular weight is 332 g/mol. The van der Waals surface area contributed by atoms with Gasteiger partial charge in [0.1, 0.15) is 11.4 Å². The second-order valence-electron chi connectivity index (χ2n) is 5.74. The minimum atomic E-state index is -1.11. The van der Waals surface area contributed by atoms with E-state index in [-0.39, 0.29) is 24.7 Å². The Hall–Kier alpha value is -2.18. The van der Waals surface area contributed by atoms with E-state index in [4.69, 9.17) is 0 Å². The third-order valence-corrected chi connectivity index (χ3v) is 4.54. The van der Waals surface area contributed by atoms with Gasteiger partial charge in [-0.1, -0.05) is 0 Å². The number of nitrogens with one attached hydrogen (secondary N) is 2. The Morgan fingerprint density at radius 3 is 3.00 bits per heavy atom. The van der Waals surface area contributed by atoms with Gasteiger partial charge in [0.25, 0.3) is 0 Å². The molecule has 1 atom stereocenters. The average Bonchev–Trinajstić information content (AvgIpc) is 3.16. The van der Waals surface area contributed by atoms with Gasteiger partial charge in [0.15, 0.2) is 0 Å². The molecule has 0 aliphatic rings. The fourth-order valence-corrected chi connectivity index (χ4v) is 3.26. The fourth-order valence-electron chi connectivity index (χ4n) is 2.48. The van der Waals surface area contributed by atoms with Crippen LogP contribution in [-0.4, -0.2) is 22.5 Å².